The van der Waals surface area contributed by atoms with Gasteiger partial charge in [-0.15, -0.1) is 0 Å². The second kappa shape index (κ2) is 9.17. The molecule has 1 fully saturated rings. The van der Waals surface area contributed by atoms with E-state index in [-0.39, 0.29) is 11.8 Å². The first-order chi connectivity index (χ1) is 16.7. The van der Waals surface area contributed by atoms with Gasteiger partial charge in [0.1, 0.15) is 13.2 Å². The van der Waals surface area contributed by atoms with Crippen molar-refractivity contribution in [2.24, 2.45) is 5.92 Å². The zero-order valence-electron chi connectivity index (χ0n) is 20.0. The molecule has 1 amide bonds. The Balaban J connectivity index is 1.23. The summed E-state index contributed by atoms with van der Waals surface area (Å²) in [5.74, 6) is 1.09. The molecule has 184 valence electrons. The van der Waals surface area contributed by atoms with Gasteiger partial charge in [-0.05, 0) is 67.3 Å². The van der Waals surface area contributed by atoms with Crippen LogP contribution in [0, 0.1) is 5.92 Å². The lowest BCUT2D eigenvalue weighted by molar-refractivity contribution is -0.127. The Morgan fingerprint density at radius 1 is 0.914 bits per heavy atom. The number of amides is 1. The summed E-state index contributed by atoms with van der Waals surface area (Å²) < 4.78 is 39.3. The van der Waals surface area contributed by atoms with Crippen molar-refractivity contribution in [3.63, 3.8) is 0 Å². The van der Waals surface area contributed by atoms with Crippen LogP contribution in [-0.2, 0) is 20.4 Å². The highest BCUT2D eigenvalue weighted by Crippen LogP contribution is 2.35. The van der Waals surface area contributed by atoms with Crippen LogP contribution in [0.3, 0.4) is 0 Å². The van der Waals surface area contributed by atoms with Crippen molar-refractivity contribution >= 4 is 26.7 Å². The van der Waals surface area contributed by atoms with E-state index in [0.717, 1.165) is 16.3 Å². The average Bonchev–Trinajstić information content (AvgIpc) is 2.88. The lowest BCUT2D eigenvalue weighted by Gasteiger charge is -2.34. The van der Waals surface area contributed by atoms with Gasteiger partial charge >= 0.3 is 0 Å². The molecule has 0 saturated carbocycles. The number of hydrogen-bond acceptors (Lipinski definition) is 5. The summed E-state index contributed by atoms with van der Waals surface area (Å²) in [6.07, 6.45) is 0.964. The highest BCUT2D eigenvalue weighted by atomic mass is 32.2. The fourth-order valence-corrected chi connectivity index (χ4v) is 6.26. The molecule has 0 unspecified atom stereocenters. The zero-order chi connectivity index (χ0) is 24.6. The molecule has 2 aliphatic heterocycles. The van der Waals surface area contributed by atoms with E-state index in [2.05, 4.69) is 5.32 Å². The van der Waals surface area contributed by atoms with E-state index in [1.54, 1.807) is 12.1 Å². The molecule has 0 spiro atoms. The van der Waals surface area contributed by atoms with Crippen LogP contribution in [0.5, 0.6) is 11.5 Å². The van der Waals surface area contributed by atoms with Gasteiger partial charge in [0.25, 0.3) is 0 Å². The Bertz CT molecular complexity index is 1360. The third-order valence-corrected chi connectivity index (χ3v) is 8.78. The molecule has 0 aromatic heterocycles. The third-order valence-electron chi connectivity index (χ3n) is 6.88. The van der Waals surface area contributed by atoms with E-state index in [1.165, 1.54) is 4.31 Å². The smallest absolute Gasteiger partial charge is 0.243 e. The topological polar surface area (TPSA) is 84.9 Å². The number of hydrogen-bond donors (Lipinski definition) is 1. The Kier molecular flexibility index (Phi) is 6.19. The monoisotopic (exact) mass is 494 g/mol. The van der Waals surface area contributed by atoms with Crippen molar-refractivity contribution < 1.29 is 22.7 Å². The molecular weight excluding hydrogens is 464 g/mol. The van der Waals surface area contributed by atoms with Gasteiger partial charge in [0.2, 0.25) is 15.9 Å². The Hall–Kier alpha value is -3.10. The molecule has 1 N–H and O–H groups in total. The molecule has 1 saturated heterocycles. The Morgan fingerprint density at radius 2 is 1.60 bits per heavy atom. The molecular formula is C27H30N2O5S. The second-order valence-electron chi connectivity index (χ2n) is 9.66. The minimum Gasteiger partial charge on any atom is -0.486 e. The number of nitrogens with zero attached hydrogens (tertiary/aromatic N) is 1. The molecule has 0 aliphatic carbocycles. The number of nitrogens with one attached hydrogen (secondary N) is 1. The molecule has 0 bridgehead atoms. The van der Waals surface area contributed by atoms with E-state index in [1.807, 2.05) is 62.4 Å². The summed E-state index contributed by atoms with van der Waals surface area (Å²) in [4.78, 5) is 13.4. The fraction of sp³-hybridized carbons (Fsp3) is 0.370. The van der Waals surface area contributed by atoms with Crippen LogP contribution < -0.4 is 14.8 Å². The fourth-order valence-electron chi connectivity index (χ4n) is 4.75. The molecule has 2 aliphatic rings. The average molecular weight is 495 g/mol. The molecule has 5 rings (SSSR count). The SMILES string of the molecule is CC(C)(NC(=O)C1CCN(S(=O)(=O)c2ccc3ccccc3c2)CC1)c1ccc2c(c1)OCCO2. The van der Waals surface area contributed by atoms with Crippen LogP contribution in [-0.4, -0.2) is 44.9 Å². The van der Waals surface area contributed by atoms with Crippen molar-refractivity contribution in [2.45, 2.75) is 37.1 Å². The highest BCUT2D eigenvalue weighted by molar-refractivity contribution is 7.89. The van der Waals surface area contributed by atoms with Gasteiger partial charge in [0.05, 0.1) is 10.4 Å². The number of piperidine rings is 1. The number of carbonyl (C=O) groups excluding carboxylic acids is 1. The highest BCUT2D eigenvalue weighted by Gasteiger charge is 2.34. The quantitative estimate of drug-likeness (QED) is 0.578. The Morgan fingerprint density at radius 3 is 2.34 bits per heavy atom. The Labute approximate surface area is 206 Å². The number of sulfonamides is 1. The summed E-state index contributed by atoms with van der Waals surface area (Å²) in [6.45, 7) is 5.58. The predicted molar refractivity (Wildman–Crippen MR) is 134 cm³/mol. The van der Waals surface area contributed by atoms with Crippen LogP contribution in [0.1, 0.15) is 32.3 Å². The van der Waals surface area contributed by atoms with E-state index in [4.69, 9.17) is 9.47 Å². The van der Waals surface area contributed by atoms with Crippen molar-refractivity contribution in [1.82, 2.24) is 9.62 Å². The largest absolute Gasteiger partial charge is 0.486 e. The number of carbonyl (C=O) groups is 1. The summed E-state index contributed by atoms with van der Waals surface area (Å²) in [5, 5.41) is 5.05. The van der Waals surface area contributed by atoms with Crippen LogP contribution >= 0.6 is 0 Å². The predicted octanol–water partition coefficient (Wildman–Crippen LogP) is 4.06. The van der Waals surface area contributed by atoms with E-state index < -0.39 is 15.6 Å². The maximum Gasteiger partial charge on any atom is 0.243 e. The molecule has 7 nitrogen and oxygen atoms in total. The number of ether oxygens (including phenoxy) is 2. The van der Waals surface area contributed by atoms with Crippen molar-refractivity contribution in [2.75, 3.05) is 26.3 Å². The third kappa shape index (κ3) is 4.73. The summed E-state index contributed by atoms with van der Waals surface area (Å²) >= 11 is 0. The molecule has 8 heteroatoms. The summed E-state index contributed by atoms with van der Waals surface area (Å²) in [6, 6.07) is 18.6. The number of rotatable bonds is 5. The van der Waals surface area contributed by atoms with Gasteiger partial charge in [-0.3, -0.25) is 4.79 Å². The minimum absolute atomic E-state index is 0.0624. The first-order valence-corrected chi connectivity index (χ1v) is 13.4. The molecule has 3 aromatic carbocycles. The van der Waals surface area contributed by atoms with Gasteiger partial charge in [-0.25, -0.2) is 8.42 Å². The number of fused-ring (bicyclic) bond motifs is 2. The number of benzene rings is 3. The second-order valence-corrected chi connectivity index (χ2v) is 11.6. The zero-order valence-corrected chi connectivity index (χ0v) is 20.8. The van der Waals surface area contributed by atoms with Crippen molar-refractivity contribution in [1.29, 1.82) is 0 Å². The molecule has 0 radical (unpaired) electrons. The normalized spacial score (nSPS) is 17.3. The molecule has 2 heterocycles. The van der Waals surface area contributed by atoms with Crippen LogP contribution in [0.15, 0.2) is 65.6 Å². The molecule has 0 atom stereocenters. The molecule has 3 aromatic rings. The first-order valence-electron chi connectivity index (χ1n) is 12.0. The van der Waals surface area contributed by atoms with Crippen molar-refractivity contribution in [3.05, 3.63) is 66.2 Å². The van der Waals surface area contributed by atoms with Gasteiger partial charge in [-0.1, -0.05) is 36.4 Å². The van der Waals surface area contributed by atoms with Crippen LogP contribution in [0.25, 0.3) is 10.8 Å². The van der Waals surface area contributed by atoms with Crippen LogP contribution in [0.4, 0.5) is 0 Å². The van der Waals surface area contributed by atoms with Gasteiger partial charge in [0, 0.05) is 19.0 Å². The van der Waals surface area contributed by atoms with Gasteiger partial charge < -0.3 is 14.8 Å². The standard InChI is InChI=1S/C27H30N2O5S/c1-27(2,22-8-10-24-25(18-22)34-16-15-33-24)28-26(30)20-11-13-29(14-12-20)35(31,32)23-9-7-19-5-3-4-6-21(19)17-23/h3-10,17-18,20H,11-16H2,1-2H3,(H,28,30). The first kappa shape index (κ1) is 23.6. The molecule has 35 heavy (non-hydrogen) atoms. The minimum atomic E-state index is -3.61. The van der Waals surface area contributed by atoms with E-state index in [0.29, 0.717) is 55.5 Å². The summed E-state index contributed by atoms with van der Waals surface area (Å²) in [7, 11) is -3.61. The van der Waals surface area contributed by atoms with Crippen molar-refractivity contribution in [3.8, 4) is 11.5 Å². The van der Waals surface area contributed by atoms with Crippen LogP contribution in [0.2, 0.25) is 0 Å². The van der Waals surface area contributed by atoms with Gasteiger partial charge in [0.15, 0.2) is 11.5 Å². The van der Waals surface area contributed by atoms with E-state index >= 15 is 0 Å². The lowest BCUT2D eigenvalue weighted by Crippen LogP contribution is -2.47. The van der Waals surface area contributed by atoms with Gasteiger partial charge in [-0.2, -0.15) is 4.31 Å². The lowest BCUT2D eigenvalue weighted by atomic mass is 9.91. The summed E-state index contributed by atoms with van der Waals surface area (Å²) in [5.41, 5.74) is 0.313. The maximum atomic E-state index is 13.2. The van der Waals surface area contributed by atoms with E-state index in [9.17, 15) is 13.2 Å². The maximum absolute atomic E-state index is 13.2.